The summed E-state index contributed by atoms with van der Waals surface area (Å²) < 4.78 is 1.54. The van der Waals surface area contributed by atoms with Gasteiger partial charge in [-0.15, -0.1) is 5.10 Å². The van der Waals surface area contributed by atoms with Crippen LogP contribution in [-0.2, 0) is 6.54 Å². The molecule has 0 amide bonds. The van der Waals surface area contributed by atoms with Gasteiger partial charge in [0.1, 0.15) is 0 Å². The molecule has 0 unspecified atom stereocenters. The molecule has 2 N–H and O–H groups in total. The SMILES string of the molecule is CCN(CC)CCCNCCn1cc(C(=O)O)nn1. The number of carboxylic acid groups (broad SMARTS) is 1. The average Bonchev–Trinajstić information content (AvgIpc) is 2.87. The number of hydrogen-bond acceptors (Lipinski definition) is 5. The monoisotopic (exact) mass is 269 g/mol. The molecule has 0 atom stereocenters. The lowest BCUT2D eigenvalue weighted by atomic mass is 10.3. The molecule has 19 heavy (non-hydrogen) atoms. The van der Waals surface area contributed by atoms with E-state index in [1.54, 1.807) is 4.68 Å². The van der Waals surface area contributed by atoms with Crippen molar-refractivity contribution < 1.29 is 9.90 Å². The standard InChI is InChI=1S/C12H23N5O2/c1-3-16(4-2)8-5-6-13-7-9-17-10-11(12(18)19)14-15-17/h10,13H,3-9H2,1-2H3,(H,18,19). The fraction of sp³-hybridized carbons (Fsp3) is 0.750. The van der Waals surface area contributed by atoms with Crippen LogP contribution in [0.3, 0.4) is 0 Å². The molecule has 1 aromatic rings. The molecule has 0 saturated heterocycles. The van der Waals surface area contributed by atoms with Crippen LogP contribution in [0.4, 0.5) is 0 Å². The molecule has 7 heteroatoms. The second-order valence-corrected chi connectivity index (χ2v) is 4.30. The Morgan fingerprint density at radius 2 is 2.16 bits per heavy atom. The van der Waals surface area contributed by atoms with Crippen LogP contribution in [0.5, 0.6) is 0 Å². The number of rotatable bonds is 10. The molecule has 0 aliphatic heterocycles. The Kier molecular flexibility index (Phi) is 7.06. The van der Waals surface area contributed by atoms with E-state index in [2.05, 4.69) is 34.4 Å². The molecule has 7 nitrogen and oxygen atoms in total. The molecular weight excluding hydrogens is 246 g/mol. The lowest BCUT2D eigenvalue weighted by Crippen LogP contribution is -2.28. The molecule has 1 rings (SSSR count). The first-order chi connectivity index (χ1) is 9.17. The maximum Gasteiger partial charge on any atom is 0.358 e. The summed E-state index contributed by atoms with van der Waals surface area (Å²) in [7, 11) is 0. The van der Waals surface area contributed by atoms with Crippen molar-refractivity contribution in [1.82, 2.24) is 25.2 Å². The highest BCUT2D eigenvalue weighted by Crippen LogP contribution is 1.92. The van der Waals surface area contributed by atoms with Gasteiger partial charge in [0, 0.05) is 6.54 Å². The summed E-state index contributed by atoms with van der Waals surface area (Å²) in [5.41, 5.74) is -0.0125. The molecule has 1 heterocycles. The highest BCUT2D eigenvalue weighted by atomic mass is 16.4. The zero-order valence-electron chi connectivity index (χ0n) is 11.7. The molecular formula is C12H23N5O2. The fourth-order valence-electron chi connectivity index (χ4n) is 1.79. The van der Waals surface area contributed by atoms with Crippen molar-refractivity contribution >= 4 is 5.97 Å². The number of carboxylic acids is 1. The summed E-state index contributed by atoms with van der Waals surface area (Å²) >= 11 is 0. The Morgan fingerprint density at radius 3 is 2.74 bits per heavy atom. The third-order valence-electron chi connectivity index (χ3n) is 3.00. The van der Waals surface area contributed by atoms with Crippen LogP contribution >= 0.6 is 0 Å². The number of hydrogen-bond donors (Lipinski definition) is 2. The van der Waals surface area contributed by atoms with Crippen molar-refractivity contribution in [1.29, 1.82) is 0 Å². The van der Waals surface area contributed by atoms with E-state index >= 15 is 0 Å². The van der Waals surface area contributed by atoms with Crippen LogP contribution in [0.2, 0.25) is 0 Å². The lowest BCUT2D eigenvalue weighted by Gasteiger charge is -2.17. The second-order valence-electron chi connectivity index (χ2n) is 4.30. The van der Waals surface area contributed by atoms with Gasteiger partial charge in [0.25, 0.3) is 0 Å². The van der Waals surface area contributed by atoms with Gasteiger partial charge in [-0.25, -0.2) is 4.79 Å². The smallest absolute Gasteiger partial charge is 0.358 e. The zero-order chi connectivity index (χ0) is 14.1. The van der Waals surface area contributed by atoms with E-state index in [9.17, 15) is 4.79 Å². The molecule has 0 aromatic carbocycles. The minimum absolute atomic E-state index is 0.0125. The van der Waals surface area contributed by atoms with E-state index in [1.807, 2.05) is 0 Å². The second kappa shape index (κ2) is 8.60. The van der Waals surface area contributed by atoms with Crippen molar-refractivity contribution in [3.05, 3.63) is 11.9 Å². The predicted octanol–water partition coefficient (Wildman–Crippen LogP) is 0.298. The third kappa shape index (κ3) is 5.80. The molecule has 108 valence electrons. The van der Waals surface area contributed by atoms with Crippen LogP contribution in [0.15, 0.2) is 6.20 Å². The first-order valence-corrected chi connectivity index (χ1v) is 6.73. The summed E-state index contributed by atoms with van der Waals surface area (Å²) in [5.74, 6) is -1.04. The first kappa shape index (κ1) is 15.6. The first-order valence-electron chi connectivity index (χ1n) is 6.73. The van der Waals surface area contributed by atoms with Crippen molar-refractivity contribution in [2.24, 2.45) is 0 Å². The van der Waals surface area contributed by atoms with E-state index in [-0.39, 0.29) is 5.69 Å². The van der Waals surface area contributed by atoms with Crippen LogP contribution in [0.25, 0.3) is 0 Å². The number of nitrogens with one attached hydrogen (secondary N) is 1. The lowest BCUT2D eigenvalue weighted by molar-refractivity contribution is 0.0690. The Bertz CT molecular complexity index is 376. The third-order valence-corrected chi connectivity index (χ3v) is 3.00. The van der Waals surface area contributed by atoms with Gasteiger partial charge in [0.15, 0.2) is 5.69 Å². The van der Waals surface area contributed by atoms with Crippen LogP contribution in [0, 0.1) is 0 Å². The largest absolute Gasteiger partial charge is 0.476 e. The van der Waals surface area contributed by atoms with Crippen molar-refractivity contribution in [2.45, 2.75) is 26.8 Å². The molecule has 0 radical (unpaired) electrons. The molecule has 0 fully saturated rings. The molecule has 0 aliphatic carbocycles. The van der Waals surface area contributed by atoms with Crippen molar-refractivity contribution in [3.63, 3.8) is 0 Å². The Morgan fingerprint density at radius 1 is 1.42 bits per heavy atom. The quantitative estimate of drug-likeness (QED) is 0.594. The molecule has 0 saturated carbocycles. The van der Waals surface area contributed by atoms with Gasteiger partial charge < -0.3 is 15.3 Å². The number of carbonyl (C=O) groups is 1. The Hall–Kier alpha value is -1.47. The summed E-state index contributed by atoms with van der Waals surface area (Å²) in [4.78, 5) is 13.0. The topological polar surface area (TPSA) is 83.3 Å². The van der Waals surface area contributed by atoms with E-state index < -0.39 is 5.97 Å². The maximum atomic E-state index is 10.6. The normalized spacial score (nSPS) is 11.1. The average molecular weight is 269 g/mol. The summed E-state index contributed by atoms with van der Waals surface area (Å²) in [5, 5.41) is 19.3. The number of aromatic nitrogens is 3. The molecule has 0 spiro atoms. The van der Waals surface area contributed by atoms with Gasteiger partial charge in [-0.2, -0.15) is 0 Å². The summed E-state index contributed by atoms with van der Waals surface area (Å²) in [6, 6.07) is 0. The molecule has 0 bridgehead atoms. The Labute approximate surface area is 113 Å². The van der Waals surface area contributed by atoms with Gasteiger partial charge in [-0.05, 0) is 32.6 Å². The molecule has 1 aromatic heterocycles. The van der Waals surface area contributed by atoms with E-state index in [0.29, 0.717) is 6.54 Å². The summed E-state index contributed by atoms with van der Waals surface area (Å²) in [6.07, 6.45) is 2.55. The predicted molar refractivity (Wildman–Crippen MR) is 72.3 cm³/mol. The van der Waals surface area contributed by atoms with E-state index in [0.717, 1.165) is 39.1 Å². The molecule has 0 aliphatic rings. The van der Waals surface area contributed by atoms with Gasteiger partial charge >= 0.3 is 5.97 Å². The highest BCUT2D eigenvalue weighted by Gasteiger charge is 2.07. The Balaban J connectivity index is 2.08. The van der Waals surface area contributed by atoms with E-state index in [1.165, 1.54) is 6.20 Å². The maximum absolute atomic E-state index is 10.6. The zero-order valence-corrected chi connectivity index (χ0v) is 11.7. The number of nitrogens with zero attached hydrogens (tertiary/aromatic N) is 4. The van der Waals surface area contributed by atoms with Crippen LogP contribution < -0.4 is 5.32 Å². The van der Waals surface area contributed by atoms with Gasteiger partial charge in [0.05, 0.1) is 12.7 Å². The van der Waals surface area contributed by atoms with Gasteiger partial charge in [-0.3, -0.25) is 4.68 Å². The number of aromatic carboxylic acids is 1. The van der Waals surface area contributed by atoms with Crippen LogP contribution in [-0.4, -0.2) is 63.7 Å². The van der Waals surface area contributed by atoms with Gasteiger partial charge in [-0.1, -0.05) is 19.1 Å². The minimum Gasteiger partial charge on any atom is -0.476 e. The minimum atomic E-state index is -1.04. The van der Waals surface area contributed by atoms with Gasteiger partial charge in [0.2, 0.25) is 0 Å². The summed E-state index contributed by atoms with van der Waals surface area (Å²) in [6.45, 7) is 9.97. The van der Waals surface area contributed by atoms with Crippen molar-refractivity contribution in [2.75, 3.05) is 32.7 Å². The fourth-order valence-corrected chi connectivity index (χ4v) is 1.79. The van der Waals surface area contributed by atoms with E-state index in [4.69, 9.17) is 5.11 Å². The van der Waals surface area contributed by atoms with Crippen molar-refractivity contribution in [3.8, 4) is 0 Å². The highest BCUT2D eigenvalue weighted by molar-refractivity contribution is 5.84. The van der Waals surface area contributed by atoms with Crippen LogP contribution in [0.1, 0.15) is 30.8 Å².